The van der Waals surface area contributed by atoms with E-state index in [-0.39, 0.29) is 6.17 Å². The van der Waals surface area contributed by atoms with Gasteiger partial charge in [-0.25, -0.2) is 4.98 Å². The summed E-state index contributed by atoms with van der Waals surface area (Å²) in [4.78, 5) is 7.26. The molecule has 11 rings (SSSR count). The van der Waals surface area contributed by atoms with E-state index >= 15 is 0 Å². The van der Waals surface area contributed by atoms with Crippen molar-refractivity contribution in [3.8, 4) is 11.4 Å². The van der Waals surface area contributed by atoms with Gasteiger partial charge in [-0.05, 0) is 90.5 Å². The Bertz CT molecular complexity index is 2910. The summed E-state index contributed by atoms with van der Waals surface area (Å²) in [7, 11) is 2.16. The lowest BCUT2D eigenvalue weighted by Gasteiger charge is -2.22. The average molecular weight is 648 g/mol. The third-order valence-corrected chi connectivity index (χ3v) is 11.5. The molecule has 1 unspecified atom stereocenters. The number of fused-ring (bicyclic) bond motifs is 10. The number of pyridine rings is 1. The number of nitrogens with zero attached hydrogens (tertiary/aromatic N) is 4. The zero-order valence-corrected chi connectivity index (χ0v) is 27.4. The van der Waals surface area contributed by atoms with E-state index in [4.69, 9.17) is 4.98 Å². The van der Waals surface area contributed by atoms with Crippen molar-refractivity contribution in [2.45, 2.75) is 6.17 Å². The minimum absolute atomic E-state index is 0.0640. The minimum Gasteiger partial charge on any atom is -0.360 e. The standard InChI is InChI=1S/C43H29N5S/c1-46-39-15-7-4-12-35(39)45-42(46)26-16-19-38-32(23-26)31-11-8-22-44-43(31)48(38)28-18-21-41-34(25-28)33-24-27(17-20-40(33)49-41)47-36-13-5-2-9-29(36)30-10-3-6-14-37(30)47/h2-25,42,45H,1H3. The summed E-state index contributed by atoms with van der Waals surface area (Å²) in [5.74, 6) is 0. The molecule has 4 aromatic heterocycles. The van der Waals surface area contributed by atoms with Gasteiger partial charge in [-0.3, -0.25) is 4.57 Å². The maximum absolute atomic E-state index is 4.94. The molecule has 0 radical (unpaired) electrons. The smallest absolute Gasteiger partial charge is 0.145 e. The molecule has 0 saturated heterocycles. The summed E-state index contributed by atoms with van der Waals surface area (Å²) >= 11 is 1.85. The van der Waals surface area contributed by atoms with Crippen molar-refractivity contribution in [1.82, 2.24) is 14.1 Å². The minimum atomic E-state index is 0.0640. The van der Waals surface area contributed by atoms with Gasteiger partial charge in [0.05, 0.1) is 27.9 Å². The molecule has 1 N–H and O–H groups in total. The first-order valence-corrected chi connectivity index (χ1v) is 17.5. The number of aromatic nitrogens is 3. The summed E-state index contributed by atoms with van der Waals surface area (Å²) in [5, 5.41) is 11.2. The summed E-state index contributed by atoms with van der Waals surface area (Å²) in [6.07, 6.45) is 1.96. The second-order valence-corrected chi connectivity index (χ2v) is 14.1. The Labute approximate surface area is 285 Å². The monoisotopic (exact) mass is 647 g/mol. The van der Waals surface area contributed by atoms with Crippen LogP contribution in [0.1, 0.15) is 11.7 Å². The van der Waals surface area contributed by atoms with Crippen molar-refractivity contribution < 1.29 is 0 Å². The number of nitrogens with one attached hydrogen (secondary N) is 1. The summed E-state index contributed by atoms with van der Waals surface area (Å²) in [6.45, 7) is 0. The van der Waals surface area contributed by atoms with Gasteiger partial charge in [-0.2, -0.15) is 0 Å². The van der Waals surface area contributed by atoms with Gasteiger partial charge in [0.25, 0.3) is 0 Å². The summed E-state index contributed by atoms with van der Waals surface area (Å²) < 4.78 is 7.30. The molecular formula is C43H29N5S. The largest absolute Gasteiger partial charge is 0.360 e. The quantitative estimate of drug-likeness (QED) is 0.207. The highest BCUT2D eigenvalue weighted by Crippen LogP contribution is 2.43. The maximum Gasteiger partial charge on any atom is 0.145 e. The summed E-state index contributed by atoms with van der Waals surface area (Å²) in [6, 6.07) is 50.8. The van der Waals surface area contributed by atoms with Crippen molar-refractivity contribution in [1.29, 1.82) is 0 Å². The summed E-state index contributed by atoms with van der Waals surface area (Å²) in [5.41, 5.74) is 10.5. The molecular weight excluding hydrogens is 619 g/mol. The molecule has 1 aliphatic rings. The highest BCUT2D eigenvalue weighted by atomic mass is 32.1. The fourth-order valence-corrected chi connectivity index (χ4v) is 9.19. The lowest BCUT2D eigenvalue weighted by atomic mass is 10.1. The highest BCUT2D eigenvalue weighted by molar-refractivity contribution is 7.25. The van der Waals surface area contributed by atoms with Gasteiger partial charge in [0.2, 0.25) is 0 Å². The van der Waals surface area contributed by atoms with Gasteiger partial charge in [-0.1, -0.05) is 54.6 Å². The molecule has 10 aromatic rings. The van der Waals surface area contributed by atoms with E-state index in [1.165, 1.54) is 64.3 Å². The second kappa shape index (κ2) is 9.95. The Balaban J connectivity index is 1.09. The van der Waals surface area contributed by atoms with E-state index in [2.05, 4.69) is 160 Å². The van der Waals surface area contributed by atoms with Crippen molar-refractivity contribution in [2.75, 3.05) is 17.3 Å². The van der Waals surface area contributed by atoms with E-state index in [0.29, 0.717) is 0 Å². The third-order valence-electron chi connectivity index (χ3n) is 10.4. The highest BCUT2D eigenvalue weighted by Gasteiger charge is 2.27. The first kappa shape index (κ1) is 26.9. The van der Waals surface area contributed by atoms with Crippen LogP contribution in [0, 0.1) is 0 Å². The van der Waals surface area contributed by atoms with Crippen LogP contribution in [0.25, 0.3) is 75.3 Å². The molecule has 6 heteroatoms. The van der Waals surface area contributed by atoms with Crippen LogP contribution in [0.2, 0.25) is 0 Å². The van der Waals surface area contributed by atoms with Crippen LogP contribution >= 0.6 is 11.3 Å². The Kier molecular flexibility index (Phi) is 5.46. The van der Waals surface area contributed by atoms with Gasteiger partial charge >= 0.3 is 0 Å². The van der Waals surface area contributed by atoms with Crippen LogP contribution in [0.4, 0.5) is 11.4 Å². The van der Waals surface area contributed by atoms with Crippen molar-refractivity contribution in [3.05, 3.63) is 151 Å². The fourth-order valence-electron chi connectivity index (χ4n) is 8.12. The lowest BCUT2D eigenvalue weighted by Crippen LogP contribution is -2.23. The van der Waals surface area contributed by atoms with Crippen LogP contribution in [0.3, 0.4) is 0 Å². The third kappa shape index (κ3) is 3.77. The Hall–Kier alpha value is -6.11. The lowest BCUT2D eigenvalue weighted by molar-refractivity contribution is 0.793. The van der Waals surface area contributed by atoms with Crippen molar-refractivity contribution in [2.24, 2.45) is 0 Å². The predicted molar refractivity (Wildman–Crippen MR) is 207 cm³/mol. The van der Waals surface area contributed by atoms with E-state index < -0.39 is 0 Å². The zero-order valence-electron chi connectivity index (χ0n) is 26.6. The second-order valence-electron chi connectivity index (χ2n) is 13.0. The normalized spacial score (nSPS) is 14.6. The van der Waals surface area contributed by atoms with Crippen LogP contribution in [0.15, 0.2) is 146 Å². The molecule has 0 saturated carbocycles. The Morgan fingerprint density at radius 1 is 0.551 bits per heavy atom. The molecule has 49 heavy (non-hydrogen) atoms. The van der Waals surface area contributed by atoms with Gasteiger partial charge < -0.3 is 14.8 Å². The number of benzene rings is 6. The molecule has 1 aliphatic heterocycles. The number of thiophene rings is 1. The SMILES string of the molecule is CN1c2ccccc2NC1c1ccc2c(c1)c1cccnc1n2-c1ccc2sc3ccc(-n4c5ccccc5c5ccccc54)cc3c2c1. The number of hydrogen-bond donors (Lipinski definition) is 1. The Morgan fingerprint density at radius 3 is 1.92 bits per heavy atom. The molecule has 0 fully saturated rings. The van der Waals surface area contributed by atoms with Crippen LogP contribution in [-0.2, 0) is 0 Å². The van der Waals surface area contributed by atoms with E-state index in [1.54, 1.807) is 0 Å². The van der Waals surface area contributed by atoms with Gasteiger partial charge in [0.15, 0.2) is 0 Å². The molecule has 1 atom stereocenters. The zero-order chi connectivity index (χ0) is 32.2. The van der Waals surface area contributed by atoms with Gasteiger partial charge in [0.1, 0.15) is 11.8 Å². The molecule has 0 spiro atoms. The fraction of sp³-hybridized carbons (Fsp3) is 0.0465. The topological polar surface area (TPSA) is 38.0 Å². The first-order valence-electron chi connectivity index (χ1n) is 16.6. The number of anilines is 2. The molecule has 0 bridgehead atoms. The van der Waals surface area contributed by atoms with E-state index in [9.17, 15) is 0 Å². The number of rotatable bonds is 3. The van der Waals surface area contributed by atoms with Gasteiger partial charge in [0, 0.05) is 66.3 Å². The van der Waals surface area contributed by atoms with Crippen LogP contribution in [-0.4, -0.2) is 21.2 Å². The van der Waals surface area contributed by atoms with Crippen molar-refractivity contribution >= 4 is 86.6 Å². The van der Waals surface area contributed by atoms with Crippen LogP contribution in [0.5, 0.6) is 0 Å². The average Bonchev–Trinajstić information content (AvgIpc) is 3.89. The van der Waals surface area contributed by atoms with E-state index in [1.807, 2.05) is 23.6 Å². The van der Waals surface area contributed by atoms with Gasteiger partial charge in [-0.15, -0.1) is 11.3 Å². The van der Waals surface area contributed by atoms with Crippen molar-refractivity contribution in [3.63, 3.8) is 0 Å². The predicted octanol–water partition coefficient (Wildman–Crippen LogP) is 11.2. The molecule has 0 aliphatic carbocycles. The Morgan fingerprint density at radius 2 is 1.18 bits per heavy atom. The van der Waals surface area contributed by atoms with E-state index in [0.717, 1.165) is 27.9 Å². The molecule has 6 aromatic carbocycles. The number of para-hydroxylation sites is 4. The first-order chi connectivity index (χ1) is 24.2. The molecule has 5 nitrogen and oxygen atoms in total. The molecule has 0 amide bonds. The maximum atomic E-state index is 4.94. The van der Waals surface area contributed by atoms with Crippen LogP contribution < -0.4 is 10.2 Å². The molecule has 232 valence electrons. The molecule has 5 heterocycles. The number of hydrogen-bond acceptors (Lipinski definition) is 4.